The summed E-state index contributed by atoms with van der Waals surface area (Å²) in [6.07, 6.45) is 4.07. The standard InChI is InChI=1S/C17H21N3O2/c1-22-16-9-10-18-17(19-16)20-11-5-8-14(20)12-15(21)13-6-3-2-4-7-13/h2-4,6-7,9-10,14-15,21H,5,8,11-12H2,1H3/t14-,15-/m0/s1. The minimum Gasteiger partial charge on any atom is -0.481 e. The minimum atomic E-state index is -0.461. The molecule has 1 saturated heterocycles. The predicted octanol–water partition coefficient (Wildman–Crippen LogP) is 2.58. The van der Waals surface area contributed by atoms with Gasteiger partial charge in [-0.15, -0.1) is 0 Å². The molecule has 1 N–H and O–H groups in total. The molecule has 1 aliphatic rings. The van der Waals surface area contributed by atoms with Gasteiger partial charge in [-0.3, -0.25) is 0 Å². The zero-order chi connectivity index (χ0) is 15.4. The second-order valence-electron chi connectivity index (χ2n) is 5.55. The summed E-state index contributed by atoms with van der Waals surface area (Å²) in [5.41, 5.74) is 0.959. The highest BCUT2D eigenvalue weighted by molar-refractivity contribution is 5.35. The number of hydrogen-bond acceptors (Lipinski definition) is 5. The van der Waals surface area contributed by atoms with E-state index in [-0.39, 0.29) is 6.04 Å². The highest BCUT2D eigenvalue weighted by Crippen LogP contribution is 2.30. The first-order valence-corrected chi connectivity index (χ1v) is 7.64. The lowest BCUT2D eigenvalue weighted by molar-refractivity contribution is 0.158. The number of hydrogen-bond donors (Lipinski definition) is 1. The SMILES string of the molecule is COc1ccnc(N2CCC[C@H]2C[C@H](O)c2ccccc2)n1. The lowest BCUT2D eigenvalue weighted by atomic mass is 10.0. The van der Waals surface area contributed by atoms with E-state index in [1.165, 1.54) is 0 Å². The van der Waals surface area contributed by atoms with E-state index in [2.05, 4.69) is 14.9 Å². The van der Waals surface area contributed by atoms with Gasteiger partial charge in [0.2, 0.25) is 11.8 Å². The Balaban J connectivity index is 1.73. The predicted molar refractivity (Wildman–Crippen MR) is 85.0 cm³/mol. The van der Waals surface area contributed by atoms with E-state index in [0.29, 0.717) is 18.2 Å². The highest BCUT2D eigenvalue weighted by Gasteiger charge is 2.29. The molecule has 0 amide bonds. The normalized spacial score (nSPS) is 19.2. The Morgan fingerprint density at radius 1 is 1.32 bits per heavy atom. The molecule has 116 valence electrons. The summed E-state index contributed by atoms with van der Waals surface area (Å²) >= 11 is 0. The van der Waals surface area contributed by atoms with Crippen LogP contribution in [0, 0.1) is 0 Å². The van der Waals surface area contributed by atoms with Crippen molar-refractivity contribution in [1.82, 2.24) is 9.97 Å². The summed E-state index contributed by atoms with van der Waals surface area (Å²) < 4.78 is 5.17. The molecule has 0 bridgehead atoms. The minimum absolute atomic E-state index is 0.252. The van der Waals surface area contributed by atoms with Crippen LogP contribution < -0.4 is 9.64 Å². The van der Waals surface area contributed by atoms with Crippen LogP contribution in [0.25, 0.3) is 0 Å². The molecule has 1 fully saturated rings. The molecule has 2 atom stereocenters. The number of ether oxygens (including phenoxy) is 1. The fourth-order valence-electron chi connectivity index (χ4n) is 3.00. The van der Waals surface area contributed by atoms with Gasteiger partial charge >= 0.3 is 0 Å². The van der Waals surface area contributed by atoms with Gasteiger partial charge in [-0.1, -0.05) is 30.3 Å². The van der Waals surface area contributed by atoms with Gasteiger partial charge in [-0.25, -0.2) is 4.98 Å². The molecule has 0 spiro atoms. The van der Waals surface area contributed by atoms with Gasteiger partial charge in [0, 0.05) is 24.8 Å². The molecule has 3 rings (SSSR count). The first kappa shape index (κ1) is 14.8. The largest absolute Gasteiger partial charge is 0.481 e. The van der Waals surface area contributed by atoms with E-state index in [1.807, 2.05) is 30.3 Å². The van der Waals surface area contributed by atoms with Gasteiger partial charge in [-0.05, 0) is 24.8 Å². The molecule has 0 saturated carbocycles. The topological polar surface area (TPSA) is 58.5 Å². The fourth-order valence-corrected chi connectivity index (χ4v) is 3.00. The van der Waals surface area contributed by atoms with Crippen molar-refractivity contribution in [3.8, 4) is 5.88 Å². The average molecular weight is 299 g/mol. The second-order valence-corrected chi connectivity index (χ2v) is 5.55. The quantitative estimate of drug-likeness (QED) is 0.919. The van der Waals surface area contributed by atoms with Crippen LogP contribution in [-0.4, -0.2) is 34.8 Å². The maximum Gasteiger partial charge on any atom is 0.228 e. The van der Waals surface area contributed by atoms with Crippen LogP contribution in [0.3, 0.4) is 0 Å². The Labute approximate surface area is 130 Å². The van der Waals surface area contributed by atoms with Gasteiger partial charge in [-0.2, -0.15) is 4.98 Å². The van der Waals surface area contributed by atoms with Crippen molar-refractivity contribution in [2.45, 2.75) is 31.4 Å². The van der Waals surface area contributed by atoms with Crippen molar-refractivity contribution in [1.29, 1.82) is 0 Å². The monoisotopic (exact) mass is 299 g/mol. The molecule has 0 aliphatic carbocycles. The van der Waals surface area contributed by atoms with Gasteiger partial charge in [0.25, 0.3) is 0 Å². The fraction of sp³-hybridized carbons (Fsp3) is 0.412. The van der Waals surface area contributed by atoms with E-state index in [9.17, 15) is 5.11 Å². The number of aromatic nitrogens is 2. The van der Waals surface area contributed by atoms with Crippen molar-refractivity contribution in [2.75, 3.05) is 18.6 Å². The van der Waals surface area contributed by atoms with Crippen LogP contribution in [0.15, 0.2) is 42.6 Å². The molecule has 1 aromatic heterocycles. The number of aliphatic hydroxyl groups is 1. The van der Waals surface area contributed by atoms with E-state index in [4.69, 9.17) is 4.74 Å². The third kappa shape index (κ3) is 3.20. The van der Waals surface area contributed by atoms with Crippen LogP contribution >= 0.6 is 0 Å². The first-order valence-electron chi connectivity index (χ1n) is 7.64. The number of methoxy groups -OCH3 is 1. The van der Waals surface area contributed by atoms with Crippen molar-refractivity contribution >= 4 is 5.95 Å². The van der Waals surface area contributed by atoms with E-state index < -0.39 is 6.10 Å². The summed E-state index contributed by atoms with van der Waals surface area (Å²) in [7, 11) is 1.60. The zero-order valence-electron chi connectivity index (χ0n) is 12.7. The molecule has 22 heavy (non-hydrogen) atoms. The van der Waals surface area contributed by atoms with Gasteiger partial charge in [0.05, 0.1) is 13.2 Å². The van der Waals surface area contributed by atoms with Gasteiger partial charge in [0.1, 0.15) is 0 Å². The molecule has 2 heterocycles. The highest BCUT2D eigenvalue weighted by atomic mass is 16.5. The van der Waals surface area contributed by atoms with E-state index in [1.54, 1.807) is 19.4 Å². The number of aliphatic hydroxyl groups excluding tert-OH is 1. The van der Waals surface area contributed by atoms with E-state index in [0.717, 1.165) is 24.9 Å². The maximum atomic E-state index is 10.5. The Morgan fingerprint density at radius 3 is 2.91 bits per heavy atom. The summed E-state index contributed by atoms with van der Waals surface area (Å²) in [5.74, 6) is 1.25. The Bertz CT molecular complexity index is 606. The third-order valence-electron chi connectivity index (χ3n) is 4.14. The summed E-state index contributed by atoms with van der Waals surface area (Å²) in [5, 5.41) is 10.5. The summed E-state index contributed by atoms with van der Waals surface area (Å²) in [4.78, 5) is 10.9. The number of benzene rings is 1. The van der Waals surface area contributed by atoms with Crippen molar-refractivity contribution < 1.29 is 9.84 Å². The van der Waals surface area contributed by atoms with Crippen molar-refractivity contribution in [3.63, 3.8) is 0 Å². The average Bonchev–Trinajstić information content (AvgIpc) is 3.04. The number of anilines is 1. The first-order chi connectivity index (χ1) is 10.8. The number of rotatable bonds is 5. The Hall–Kier alpha value is -2.14. The van der Waals surface area contributed by atoms with Crippen LogP contribution in [-0.2, 0) is 0 Å². The maximum absolute atomic E-state index is 10.5. The molecular weight excluding hydrogens is 278 g/mol. The third-order valence-corrected chi connectivity index (χ3v) is 4.14. The van der Waals surface area contributed by atoms with E-state index >= 15 is 0 Å². The second kappa shape index (κ2) is 6.75. The molecule has 0 unspecified atom stereocenters. The lowest BCUT2D eigenvalue weighted by Gasteiger charge is -2.26. The summed E-state index contributed by atoms with van der Waals surface area (Å²) in [6, 6.07) is 11.8. The van der Waals surface area contributed by atoms with Crippen molar-refractivity contribution in [2.24, 2.45) is 0 Å². The van der Waals surface area contributed by atoms with Crippen LogP contribution in [0.4, 0.5) is 5.95 Å². The van der Waals surface area contributed by atoms with Gasteiger partial charge < -0.3 is 14.7 Å². The molecule has 2 aromatic rings. The molecule has 1 aromatic carbocycles. The Kier molecular flexibility index (Phi) is 4.53. The summed E-state index contributed by atoms with van der Waals surface area (Å²) in [6.45, 7) is 0.916. The molecule has 0 radical (unpaired) electrons. The smallest absolute Gasteiger partial charge is 0.228 e. The molecular formula is C17H21N3O2. The number of nitrogens with zero attached hydrogens (tertiary/aromatic N) is 3. The van der Waals surface area contributed by atoms with Crippen LogP contribution in [0.1, 0.15) is 30.9 Å². The van der Waals surface area contributed by atoms with Crippen molar-refractivity contribution in [3.05, 3.63) is 48.2 Å². The van der Waals surface area contributed by atoms with Crippen LogP contribution in [0.5, 0.6) is 5.88 Å². The molecule has 5 heteroatoms. The van der Waals surface area contributed by atoms with Gasteiger partial charge in [0.15, 0.2) is 0 Å². The molecule has 5 nitrogen and oxygen atoms in total. The Morgan fingerprint density at radius 2 is 2.14 bits per heavy atom. The molecule has 1 aliphatic heterocycles. The van der Waals surface area contributed by atoms with Crippen LogP contribution in [0.2, 0.25) is 0 Å². The zero-order valence-corrected chi connectivity index (χ0v) is 12.7. The lowest BCUT2D eigenvalue weighted by Crippen LogP contribution is -2.32.